The van der Waals surface area contributed by atoms with Crippen molar-refractivity contribution in [3.05, 3.63) is 0 Å². The summed E-state index contributed by atoms with van der Waals surface area (Å²) in [6.45, 7) is 3.19. The van der Waals surface area contributed by atoms with Gasteiger partial charge in [0.25, 0.3) is 6.47 Å². The predicted octanol–water partition coefficient (Wildman–Crippen LogP) is 0.433. The Balaban J connectivity index is 0. The highest BCUT2D eigenvalue weighted by molar-refractivity contribution is 5.75. The average Bonchev–Trinajstić information content (AvgIpc) is 1.81. The van der Waals surface area contributed by atoms with Gasteiger partial charge in [0.1, 0.15) is 0 Å². The van der Waals surface area contributed by atoms with Gasteiger partial charge < -0.3 is 4.74 Å². The Bertz CT molecular complexity index is 57.0. The second-order valence-corrected chi connectivity index (χ2v) is 1.67. The lowest BCUT2D eigenvalue weighted by atomic mass is 10.3. The molecular formula is C6H14MgO2. The van der Waals surface area contributed by atoms with Crippen molar-refractivity contribution in [3.8, 4) is 0 Å². The van der Waals surface area contributed by atoms with E-state index in [9.17, 15) is 4.79 Å². The van der Waals surface area contributed by atoms with Crippen LogP contribution >= 0.6 is 0 Å². The minimum Gasteiger partial charge on any atom is -0.468 e. The summed E-state index contributed by atoms with van der Waals surface area (Å²) in [7, 11) is 0. The Hall–Kier alpha value is 0.236. The number of carbonyl (C=O) groups excluding carboxylic acids is 1. The van der Waals surface area contributed by atoms with Gasteiger partial charge in [-0.1, -0.05) is 19.8 Å². The molecule has 0 heterocycles. The summed E-state index contributed by atoms with van der Waals surface area (Å²) < 4.78 is 4.46. The van der Waals surface area contributed by atoms with Crippen LogP contribution in [0.15, 0.2) is 0 Å². The lowest BCUT2D eigenvalue weighted by Gasteiger charge is -1.93. The van der Waals surface area contributed by atoms with Crippen LogP contribution in [0.5, 0.6) is 0 Å². The van der Waals surface area contributed by atoms with Gasteiger partial charge in [-0.15, -0.1) is 0 Å². The van der Waals surface area contributed by atoms with Gasteiger partial charge >= 0.3 is 23.1 Å². The molecule has 0 amide bonds. The van der Waals surface area contributed by atoms with Crippen molar-refractivity contribution in [1.29, 1.82) is 0 Å². The van der Waals surface area contributed by atoms with E-state index in [1.807, 2.05) is 0 Å². The molecule has 9 heavy (non-hydrogen) atoms. The monoisotopic (exact) mass is 142 g/mol. The molecule has 0 radical (unpaired) electrons. The fourth-order valence-corrected chi connectivity index (χ4v) is 0.484. The third-order valence-corrected chi connectivity index (χ3v) is 0.934. The molecule has 0 aliphatic heterocycles. The summed E-state index contributed by atoms with van der Waals surface area (Å²) in [6.07, 6.45) is 3.31. The maximum Gasteiger partial charge on any atom is 0.316 e. The molecule has 0 aromatic carbocycles. The molecule has 0 fully saturated rings. The van der Waals surface area contributed by atoms with Crippen molar-refractivity contribution < 1.29 is 9.53 Å². The van der Waals surface area contributed by atoms with E-state index in [1.54, 1.807) is 0 Å². The van der Waals surface area contributed by atoms with E-state index in [1.165, 1.54) is 6.42 Å². The van der Waals surface area contributed by atoms with Crippen LogP contribution in [-0.2, 0) is 9.53 Å². The minimum absolute atomic E-state index is 0. The van der Waals surface area contributed by atoms with Crippen molar-refractivity contribution in [2.75, 3.05) is 6.61 Å². The van der Waals surface area contributed by atoms with E-state index in [2.05, 4.69) is 11.7 Å². The molecule has 0 saturated heterocycles. The Morgan fingerprint density at radius 1 is 1.44 bits per heavy atom. The number of unbranched alkanes of at least 4 members (excludes halogenated alkanes) is 2. The highest BCUT2D eigenvalue weighted by Crippen LogP contribution is 1.91. The van der Waals surface area contributed by atoms with Crippen molar-refractivity contribution in [1.82, 2.24) is 0 Å². The third kappa shape index (κ3) is 11.7. The van der Waals surface area contributed by atoms with Crippen LogP contribution in [0, 0.1) is 0 Å². The van der Waals surface area contributed by atoms with E-state index >= 15 is 0 Å². The van der Waals surface area contributed by atoms with Gasteiger partial charge in [-0.05, 0) is 6.42 Å². The Labute approximate surface area is 72.1 Å². The topological polar surface area (TPSA) is 26.3 Å². The first-order valence-corrected chi connectivity index (χ1v) is 2.97. The first kappa shape index (κ1) is 12.0. The predicted molar refractivity (Wildman–Crippen MR) is 40.1 cm³/mol. The molecule has 2 nitrogen and oxygen atoms in total. The molecular weight excluding hydrogens is 128 g/mol. The second-order valence-electron chi connectivity index (χ2n) is 1.67. The van der Waals surface area contributed by atoms with Gasteiger partial charge in [0.05, 0.1) is 6.61 Å². The third-order valence-electron chi connectivity index (χ3n) is 0.934. The van der Waals surface area contributed by atoms with Crippen molar-refractivity contribution in [2.24, 2.45) is 0 Å². The maximum absolute atomic E-state index is 9.55. The lowest BCUT2D eigenvalue weighted by molar-refractivity contribution is -0.128. The van der Waals surface area contributed by atoms with Crippen LogP contribution in [0.25, 0.3) is 0 Å². The number of ether oxygens (including phenoxy) is 1. The van der Waals surface area contributed by atoms with Gasteiger partial charge in [0, 0.05) is 0 Å². The largest absolute Gasteiger partial charge is 0.468 e. The summed E-state index contributed by atoms with van der Waals surface area (Å²) >= 11 is 0. The lowest BCUT2D eigenvalue weighted by Crippen LogP contribution is -1.89. The first-order valence-electron chi connectivity index (χ1n) is 2.97. The molecule has 0 aliphatic carbocycles. The molecule has 0 rings (SSSR count). The van der Waals surface area contributed by atoms with Gasteiger partial charge in [-0.3, -0.25) is 4.79 Å². The maximum atomic E-state index is 9.55. The van der Waals surface area contributed by atoms with Crippen LogP contribution in [0.2, 0.25) is 0 Å². The zero-order valence-electron chi connectivity index (χ0n) is 5.22. The van der Waals surface area contributed by atoms with Crippen molar-refractivity contribution in [3.63, 3.8) is 0 Å². The molecule has 0 N–H and O–H groups in total. The SMILES string of the molecule is CCCCCOC=O.[MgH2]. The quantitative estimate of drug-likeness (QED) is 0.316. The Kier molecular flexibility index (Phi) is 14.7. The number of carbonyl (C=O) groups is 1. The van der Waals surface area contributed by atoms with Crippen LogP contribution in [0.3, 0.4) is 0 Å². The van der Waals surface area contributed by atoms with E-state index < -0.39 is 0 Å². The summed E-state index contributed by atoms with van der Waals surface area (Å²) in [5.74, 6) is 0. The molecule has 0 aromatic heterocycles. The smallest absolute Gasteiger partial charge is 0.316 e. The zero-order valence-corrected chi connectivity index (χ0v) is 5.22. The van der Waals surface area contributed by atoms with Crippen LogP contribution in [-0.4, -0.2) is 36.1 Å². The van der Waals surface area contributed by atoms with Crippen LogP contribution in [0.1, 0.15) is 26.2 Å². The molecule has 3 heteroatoms. The second kappa shape index (κ2) is 11.1. The number of rotatable bonds is 5. The first-order chi connectivity index (χ1) is 3.91. The number of hydrogen-bond donors (Lipinski definition) is 0. The number of hydrogen-bond acceptors (Lipinski definition) is 2. The zero-order chi connectivity index (χ0) is 6.24. The molecule has 0 aromatic rings. The fraction of sp³-hybridized carbons (Fsp3) is 0.833. The van der Waals surface area contributed by atoms with Crippen molar-refractivity contribution in [2.45, 2.75) is 26.2 Å². The molecule has 0 saturated carbocycles. The normalized spacial score (nSPS) is 7.67. The Morgan fingerprint density at radius 3 is 2.56 bits per heavy atom. The summed E-state index contributed by atoms with van der Waals surface area (Å²) in [5.41, 5.74) is 0. The van der Waals surface area contributed by atoms with E-state index in [0.717, 1.165) is 12.8 Å². The van der Waals surface area contributed by atoms with Gasteiger partial charge in [0.15, 0.2) is 0 Å². The average molecular weight is 142 g/mol. The molecule has 0 spiro atoms. The summed E-state index contributed by atoms with van der Waals surface area (Å²) in [6, 6.07) is 0. The standard InChI is InChI=1S/C6H12O2.Mg.2H/c1-2-3-4-5-8-6-7;;;/h6H,2-5H2,1H3;;;. The van der Waals surface area contributed by atoms with E-state index in [0.29, 0.717) is 13.1 Å². The van der Waals surface area contributed by atoms with Crippen molar-refractivity contribution >= 4 is 29.5 Å². The Morgan fingerprint density at radius 2 is 2.11 bits per heavy atom. The molecule has 0 bridgehead atoms. The van der Waals surface area contributed by atoms with E-state index in [-0.39, 0.29) is 23.1 Å². The summed E-state index contributed by atoms with van der Waals surface area (Å²) in [5, 5.41) is 0. The van der Waals surface area contributed by atoms with Gasteiger partial charge in [-0.25, -0.2) is 0 Å². The minimum atomic E-state index is 0. The summed E-state index contributed by atoms with van der Waals surface area (Å²) in [4.78, 5) is 9.55. The van der Waals surface area contributed by atoms with Gasteiger partial charge in [0.2, 0.25) is 0 Å². The molecule has 0 aliphatic rings. The fourth-order valence-electron chi connectivity index (χ4n) is 0.484. The van der Waals surface area contributed by atoms with E-state index in [4.69, 9.17) is 0 Å². The molecule has 0 unspecified atom stereocenters. The highest BCUT2D eigenvalue weighted by Gasteiger charge is 1.82. The van der Waals surface area contributed by atoms with Crippen LogP contribution < -0.4 is 0 Å². The molecule has 0 atom stereocenters. The van der Waals surface area contributed by atoms with Crippen LogP contribution in [0.4, 0.5) is 0 Å². The highest BCUT2D eigenvalue weighted by atomic mass is 24.3. The van der Waals surface area contributed by atoms with Gasteiger partial charge in [-0.2, -0.15) is 0 Å². The molecule has 52 valence electrons.